The molecule has 0 atom stereocenters. The number of nitrogens with zero attached hydrogens (tertiary/aromatic N) is 5. The lowest BCUT2D eigenvalue weighted by molar-refractivity contribution is -0.384. The lowest BCUT2D eigenvalue weighted by atomic mass is 10.1. The second-order valence-electron chi connectivity index (χ2n) is 6.09. The average Bonchev–Trinajstić information content (AvgIpc) is 2.76. The largest absolute Gasteiger partial charge is 0.497 e. The van der Waals surface area contributed by atoms with Crippen LogP contribution in [0.4, 0.5) is 11.6 Å². The molecule has 0 unspecified atom stereocenters. The number of methoxy groups -OCH3 is 1. The number of benzene rings is 2. The Kier molecular flexibility index (Phi) is 5.84. The van der Waals surface area contributed by atoms with Crippen LogP contribution in [0.15, 0.2) is 58.4 Å². The standard InChI is InChI=1S/C20H16N6O4/c1-25-19(27)17(11-21)18(14-6-8-16(30-2)9-7-14)23-20(25)24-22-12-13-4-3-5-15(10-13)26(28)29/h3-10,12H,1-2H3,(H,23,24)/b22-12+. The summed E-state index contributed by atoms with van der Waals surface area (Å²) in [6.45, 7) is 0. The van der Waals surface area contributed by atoms with E-state index in [0.29, 0.717) is 16.9 Å². The van der Waals surface area contributed by atoms with Gasteiger partial charge in [0.25, 0.3) is 11.2 Å². The number of ether oxygens (including phenoxy) is 1. The summed E-state index contributed by atoms with van der Waals surface area (Å²) in [4.78, 5) is 27.3. The second-order valence-corrected chi connectivity index (χ2v) is 6.09. The Morgan fingerprint density at radius 3 is 2.67 bits per heavy atom. The van der Waals surface area contributed by atoms with Gasteiger partial charge in [-0.1, -0.05) is 12.1 Å². The van der Waals surface area contributed by atoms with Gasteiger partial charge >= 0.3 is 0 Å². The normalized spacial score (nSPS) is 10.6. The molecular weight excluding hydrogens is 388 g/mol. The van der Waals surface area contributed by atoms with Crippen molar-refractivity contribution >= 4 is 17.9 Å². The van der Waals surface area contributed by atoms with E-state index in [1.165, 1.54) is 38.6 Å². The number of hydrogen-bond acceptors (Lipinski definition) is 8. The molecule has 0 aliphatic heterocycles. The van der Waals surface area contributed by atoms with Crippen LogP contribution in [0.3, 0.4) is 0 Å². The van der Waals surface area contributed by atoms with Gasteiger partial charge in [-0.2, -0.15) is 10.4 Å². The molecule has 3 aromatic rings. The van der Waals surface area contributed by atoms with Crippen LogP contribution in [-0.4, -0.2) is 27.8 Å². The summed E-state index contributed by atoms with van der Waals surface area (Å²) in [5, 5.41) is 24.3. The third kappa shape index (κ3) is 4.15. The van der Waals surface area contributed by atoms with Crippen LogP contribution in [0.1, 0.15) is 11.1 Å². The number of nitro groups is 1. The monoisotopic (exact) mass is 404 g/mol. The summed E-state index contributed by atoms with van der Waals surface area (Å²) in [7, 11) is 2.99. The van der Waals surface area contributed by atoms with Crippen molar-refractivity contribution in [1.29, 1.82) is 5.26 Å². The molecule has 1 N–H and O–H groups in total. The second kappa shape index (κ2) is 8.66. The van der Waals surface area contributed by atoms with Gasteiger partial charge in [-0.05, 0) is 24.3 Å². The zero-order chi connectivity index (χ0) is 21.7. The van der Waals surface area contributed by atoms with E-state index >= 15 is 0 Å². The summed E-state index contributed by atoms with van der Waals surface area (Å²) in [5.41, 5.74) is 3.21. The van der Waals surface area contributed by atoms with Crippen molar-refractivity contribution in [2.75, 3.05) is 12.5 Å². The number of nitriles is 1. The Bertz CT molecular complexity index is 1230. The van der Waals surface area contributed by atoms with E-state index in [4.69, 9.17) is 4.74 Å². The summed E-state index contributed by atoms with van der Waals surface area (Å²) >= 11 is 0. The minimum absolute atomic E-state index is 0.0651. The van der Waals surface area contributed by atoms with Gasteiger partial charge in [0.2, 0.25) is 5.95 Å². The molecule has 10 nitrogen and oxygen atoms in total. The average molecular weight is 404 g/mol. The fourth-order valence-electron chi connectivity index (χ4n) is 2.64. The van der Waals surface area contributed by atoms with Gasteiger partial charge < -0.3 is 4.74 Å². The van der Waals surface area contributed by atoms with Gasteiger partial charge in [0, 0.05) is 30.3 Å². The van der Waals surface area contributed by atoms with Crippen LogP contribution < -0.4 is 15.7 Å². The van der Waals surface area contributed by atoms with Crippen molar-refractivity contribution in [3.8, 4) is 23.1 Å². The Labute approximate surface area is 170 Å². The number of hydrogen-bond donors (Lipinski definition) is 1. The SMILES string of the molecule is COc1ccc(-c2nc(N/N=C/c3cccc([N+](=O)[O-])c3)n(C)c(=O)c2C#N)cc1. The van der Waals surface area contributed by atoms with E-state index in [9.17, 15) is 20.2 Å². The molecule has 0 saturated carbocycles. The highest BCUT2D eigenvalue weighted by Gasteiger charge is 2.16. The van der Waals surface area contributed by atoms with E-state index < -0.39 is 10.5 Å². The molecule has 0 fully saturated rings. The molecule has 0 saturated heterocycles. The van der Waals surface area contributed by atoms with Crippen LogP contribution in [0.5, 0.6) is 5.75 Å². The molecule has 150 valence electrons. The fourth-order valence-corrected chi connectivity index (χ4v) is 2.64. The maximum atomic E-state index is 12.6. The van der Waals surface area contributed by atoms with Crippen LogP contribution in [0, 0.1) is 21.4 Å². The van der Waals surface area contributed by atoms with E-state index in [-0.39, 0.29) is 22.9 Å². The van der Waals surface area contributed by atoms with Gasteiger partial charge in [-0.15, -0.1) is 0 Å². The Morgan fingerprint density at radius 2 is 2.03 bits per heavy atom. The first-order valence-electron chi connectivity index (χ1n) is 8.63. The van der Waals surface area contributed by atoms with Crippen LogP contribution in [0.25, 0.3) is 11.3 Å². The third-order valence-corrected chi connectivity index (χ3v) is 4.23. The van der Waals surface area contributed by atoms with Gasteiger partial charge in [-0.25, -0.2) is 10.4 Å². The minimum atomic E-state index is -0.536. The first-order chi connectivity index (χ1) is 14.4. The number of aromatic nitrogens is 2. The molecule has 0 amide bonds. The lowest BCUT2D eigenvalue weighted by Crippen LogP contribution is -2.24. The smallest absolute Gasteiger partial charge is 0.273 e. The molecule has 10 heteroatoms. The maximum Gasteiger partial charge on any atom is 0.273 e. The number of non-ortho nitro benzene ring substituents is 1. The van der Waals surface area contributed by atoms with Gasteiger partial charge in [0.15, 0.2) is 0 Å². The van der Waals surface area contributed by atoms with Crippen molar-refractivity contribution in [3.05, 3.63) is 80.1 Å². The first kappa shape index (κ1) is 20.2. The minimum Gasteiger partial charge on any atom is -0.497 e. The number of anilines is 1. The van der Waals surface area contributed by atoms with Crippen LogP contribution >= 0.6 is 0 Å². The van der Waals surface area contributed by atoms with Crippen molar-refractivity contribution in [3.63, 3.8) is 0 Å². The van der Waals surface area contributed by atoms with E-state index in [1.807, 2.05) is 6.07 Å². The highest BCUT2D eigenvalue weighted by Crippen LogP contribution is 2.23. The zero-order valence-corrected chi connectivity index (χ0v) is 16.1. The summed E-state index contributed by atoms with van der Waals surface area (Å²) in [5.74, 6) is 0.729. The lowest BCUT2D eigenvalue weighted by Gasteiger charge is -2.11. The highest BCUT2D eigenvalue weighted by atomic mass is 16.6. The summed E-state index contributed by atoms with van der Waals surface area (Å²) in [6, 6.07) is 14.6. The summed E-state index contributed by atoms with van der Waals surface area (Å²) < 4.78 is 6.28. The van der Waals surface area contributed by atoms with Gasteiger partial charge in [-0.3, -0.25) is 19.5 Å². The summed E-state index contributed by atoms with van der Waals surface area (Å²) in [6.07, 6.45) is 1.37. The number of hydrazone groups is 1. The Morgan fingerprint density at radius 1 is 1.30 bits per heavy atom. The molecule has 30 heavy (non-hydrogen) atoms. The molecule has 3 rings (SSSR count). The van der Waals surface area contributed by atoms with Gasteiger partial charge in [0.1, 0.15) is 17.4 Å². The number of nitro benzene ring substituents is 1. The first-order valence-corrected chi connectivity index (χ1v) is 8.63. The van der Waals surface area contributed by atoms with E-state index in [1.54, 1.807) is 30.3 Å². The molecule has 0 spiro atoms. The quantitative estimate of drug-likeness (QED) is 0.379. The predicted molar refractivity (Wildman–Crippen MR) is 110 cm³/mol. The zero-order valence-electron chi connectivity index (χ0n) is 16.1. The maximum absolute atomic E-state index is 12.6. The molecule has 1 heterocycles. The molecule has 0 radical (unpaired) electrons. The van der Waals surface area contributed by atoms with E-state index in [2.05, 4.69) is 15.5 Å². The van der Waals surface area contributed by atoms with Crippen molar-refractivity contribution < 1.29 is 9.66 Å². The van der Waals surface area contributed by atoms with E-state index in [0.717, 1.165) is 4.57 Å². The molecule has 0 bridgehead atoms. The number of rotatable bonds is 6. The number of nitrogens with one attached hydrogen (secondary N) is 1. The third-order valence-electron chi connectivity index (χ3n) is 4.23. The molecule has 0 aliphatic carbocycles. The van der Waals surface area contributed by atoms with Crippen molar-refractivity contribution in [1.82, 2.24) is 9.55 Å². The Hall–Kier alpha value is -4.52. The molecule has 0 aliphatic rings. The molecular formula is C20H16N6O4. The Balaban J connectivity index is 1.96. The van der Waals surface area contributed by atoms with Gasteiger partial charge in [0.05, 0.1) is 23.9 Å². The van der Waals surface area contributed by atoms with Crippen molar-refractivity contribution in [2.45, 2.75) is 0 Å². The topological polar surface area (TPSA) is 135 Å². The highest BCUT2D eigenvalue weighted by molar-refractivity contribution is 5.81. The van der Waals surface area contributed by atoms with Crippen LogP contribution in [0.2, 0.25) is 0 Å². The van der Waals surface area contributed by atoms with Crippen LogP contribution in [-0.2, 0) is 7.05 Å². The predicted octanol–water partition coefficient (Wildman–Crippen LogP) is 2.68. The van der Waals surface area contributed by atoms with Crippen molar-refractivity contribution in [2.24, 2.45) is 12.1 Å². The molecule has 2 aromatic carbocycles. The molecule has 1 aromatic heterocycles. The fraction of sp³-hybridized carbons (Fsp3) is 0.100.